The average Bonchev–Trinajstić information content (AvgIpc) is 3.36. The molecule has 1 aliphatic heterocycles. The van der Waals surface area contributed by atoms with Gasteiger partial charge in [0.2, 0.25) is 0 Å². The van der Waals surface area contributed by atoms with Crippen molar-refractivity contribution in [3.8, 4) is 10.6 Å². The third-order valence-corrected chi connectivity index (χ3v) is 7.41. The number of hydrogen-bond donors (Lipinski definition) is 1. The van der Waals surface area contributed by atoms with Gasteiger partial charge in [-0.05, 0) is 42.1 Å². The fourth-order valence-corrected chi connectivity index (χ4v) is 5.74. The number of nitrogens with zero attached hydrogens (tertiary/aromatic N) is 2. The van der Waals surface area contributed by atoms with Gasteiger partial charge in [0.25, 0.3) is 5.91 Å². The molecule has 0 saturated carbocycles. The lowest BCUT2D eigenvalue weighted by molar-refractivity contribution is 0.102. The number of rotatable bonds is 4. The third-order valence-electron chi connectivity index (χ3n) is 4.47. The molecule has 0 bridgehead atoms. The predicted octanol–water partition coefficient (Wildman–Crippen LogP) is 4.02. The highest BCUT2D eigenvalue weighted by Crippen LogP contribution is 2.32. The van der Waals surface area contributed by atoms with Gasteiger partial charge in [-0.15, -0.1) is 11.3 Å². The molecule has 4 rings (SSSR count). The lowest BCUT2D eigenvalue weighted by Gasteiger charge is -2.12. The van der Waals surface area contributed by atoms with Gasteiger partial charge < -0.3 is 5.32 Å². The van der Waals surface area contributed by atoms with Gasteiger partial charge in [-0.1, -0.05) is 17.7 Å². The standard InChI is InChI=1S/C18H15ClFN3O3S2/c19-13-8-11(3-4-14(13)20)21-18(24)15-9-16(17-2-1-6-27-17)23(22-15)12-5-7-28(25,26)10-12/h1-4,6,8-9,12H,5,7,10H2,(H,21,24)/t12-/m1/s1. The summed E-state index contributed by atoms with van der Waals surface area (Å²) in [4.78, 5) is 13.5. The Morgan fingerprint density at radius 1 is 1.32 bits per heavy atom. The summed E-state index contributed by atoms with van der Waals surface area (Å²) in [5.74, 6) is -0.954. The van der Waals surface area contributed by atoms with E-state index in [-0.39, 0.29) is 28.3 Å². The first kappa shape index (κ1) is 19.1. The Balaban J connectivity index is 1.67. The van der Waals surface area contributed by atoms with Gasteiger partial charge in [-0.3, -0.25) is 9.48 Å². The lowest BCUT2D eigenvalue weighted by atomic mass is 10.2. The summed E-state index contributed by atoms with van der Waals surface area (Å²) < 4.78 is 38.7. The fourth-order valence-electron chi connectivity index (χ4n) is 3.13. The van der Waals surface area contributed by atoms with Crippen LogP contribution >= 0.6 is 22.9 Å². The first-order valence-corrected chi connectivity index (χ1v) is 11.5. The van der Waals surface area contributed by atoms with E-state index in [0.717, 1.165) is 10.9 Å². The van der Waals surface area contributed by atoms with E-state index in [1.54, 1.807) is 10.7 Å². The van der Waals surface area contributed by atoms with Gasteiger partial charge in [-0.25, -0.2) is 12.8 Å². The molecule has 1 atom stereocenters. The summed E-state index contributed by atoms with van der Waals surface area (Å²) in [6.07, 6.45) is 0.455. The number of amides is 1. The number of carbonyl (C=O) groups excluding carboxylic acids is 1. The molecular formula is C18H15ClFN3O3S2. The number of aromatic nitrogens is 2. The molecule has 0 unspecified atom stereocenters. The van der Waals surface area contributed by atoms with E-state index in [2.05, 4.69) is 10.4 Å². The Morgan fingerprint density at radius 2 is 2.14 bits per heavy atom. The second-order valence-corrected chi connectivity index (χ2v) is 10.1. The second-order valence-electron chi connectivity index (χ2n) is 6.48. The molecule has 1 saturated heterocycles. The summed E-state index contributed by atoms with van der Waals surface area (Å²) >= 11 is 7.23. The van der Waals surface area contributed by atoms with Crippen LogP contribution in [0.2, 0.25) is 5.02 Å². The smallest absolute Gasteiger partial charge is 0.276 e. The molecular weight excluding hydrogens is 425 g/mol. The number of nitrogens with one attached hydrogen (secondary N) is 1. The number of halogens is 2. The minimum atomic E-state index is -3.11. The van der Waals surface area contributed by atoms with E-state index in [9.17, 15) is 17.6 Å². The van der Waals surface area contributed by atoms with Crippen molar-refractivity contribution >= 4 is 44.4 Å². The van der Waals surface area contributed by atoms with Crippen molar-refractivity contribution in [3.05, 3.63) is 58.3 Å². The first-order valence-electron chi connectivity index (χ1n) is 8.43. The fraction of sp³-hybridized carbons (Fsp3) is 0.222. The van der Waals surface area contributed by atoms with Crippen molar-refractivity contribution in [1.82, 2.24) is 9.78 Å². The van der Waals surface area contributed by atoms with Crippen LogP contribution in [0.5, 0.6) is 0 Å². The van der Waals surface area contributed by atoms with E-state index in [4.69, 9.17) is 11.6 Å². The molecule has 1 fully saturated rings. The van der Waals surface area contributed by atoms with Crippen LogP contribution in [0.25, 0.3) is 10.6 Å². The van der Waals surface area contributed by atoms with Crippen LogP contribution in [-0.4, -0.2) is 35.6 Å². The molecule has 0 spiro atoms. The normalized spacial score (nSPS) is 18.3. The van der Waals surface area contributed by atoms with Crippen molar-refractivity contribution < 1.29 is 17.6 Å². The predicted molar refractivity (Wildman–Crippen MR) is 107 cm³/mol. The van der Waals surface area contributed by atoms with Crippen molar-refractivity contribution in [3.63, 3.8) is 0 Å². The summed E-state index contributed by atoms with van der Waals surface area (Å²) in [6.45, 7) is 0. The zero-order chi connectivity index (χ0) is 19.9. The SMILES string of the molecule is O=C(Nc1ccc(F)c(Cl)c1)c1cc(-c2cccs2)n([C@@H]2CCS(=O)(=O)C2)n1. The summed E-state index contributed by atoms with van der Waals surface area (Å²) in [6, 6.07) is 8.97. The minimum Gasteiger partial charge on any atom is -0.321 e. The van der Waals surface area contributed by atoms with Crippen LogP contribution in [0, 0.1) is 5.82 Å². The molecule has 146 valence electrons. The monoisotopic (exact) mass is 439 g/mol. The van der Waals surface area contributed by atoms with Gasteiger partial charge in [-0.2, -0.15) is 5.10 Å². The maximum absolute atomic E-state index is 13.3. The first-order chi connectivity index (χ1) is 13.3. The molecule has 1 amide bonds. The van der Waals surface area contributed by atoms with E-state index in [1.807, 2.05) is 17.5 Å². The van der Waals surface area contributed by atoms with Crippen LogP contribution in [0.3, 0.4) is 0 Å². The average molecular weight is 440 g/mol. The largest absolute Gasteiger partial charge is 0.321 e. The maximum atomic E-state index is 13.3. The van der Waals surface area contributed by atoms with Crippen molar-refractivity contribution in [2.75, 3.05) is 16.8 Å². The van der Waals surface area contributed by atoms with Gasteiger partial charge >= 0.3 is 0 Å². The highest BCUT2D eigenvalue weighted by Gasteiger charge is 2.32. The molecule has 3 heterocycles. The van der Waals surface area contributed by atoms with E-state index in [1.165, 1.54) is 23.5 Å². The highest BCUT2D eigenvalue weighted by atomic mass is 35.5. The molecule has 28 heavy (non-hydrogen) atoms. The number of sulfone groups is 1. The van der Waals surface area contributed by atoms with Crippen molar-refractivity contribution in [2.45, 2.75) is 12.5 Å². The molecule has 0 aliphatic carbocycles. The summed E-state index contributed by atoms with van der Waals surface area (Å²) in [5.41, 5.74) is 1.18. The Bertz CT molecular complexity index is 1140. The highest BCUT2D eigenvalue weighted by molar-refractivity contribution is 7.91. The van der Waals surface area contributed by atoms with Gasteiger partial charge in [0, 0.05) is 5.69 Å². The van der Waals surface area contributed by atoms with E-state index in [0.29, 0.717) is 17.8 Å². The molecule has 1 aromatic carbocycles. The number of hydrogen-bond acceptors (Lipinski definition) is 5. The molecule has 6 nitrogen and oxygen atoms in total. The maximum Gasteiger partial charge on any atom is 0.276 e. The minimum absolute atomic E-state index is 0.00167. The molecule has 10 heteroatoms. The summed E-state index contributed by atoms with van der Waals surface area (Å²) in [7, 11) is -3.11. The second kappa shape index (κ2) is 7.31. The number of thiophene rings is 1. The Labute approximate surface area is 169 Å². The van der Waals surface area contributed by atoms with Crippen molar-refractivity contribution in [2.24, 2.45) is 0 Å². The summed E-state index contributed by atoms with van der Waals surface area (Å²) in [5, 5.41) is 8.83. The lowest BCUT2D eigenvalue weighted by Crippen LogP contribution is -2.16. The number of carbonyl (C=O) groups is 1. The zero-order valence-electron chi connectivity index (χ0n) is 14.4. The Hall–Kier alpha value is -2.23. The topological polar surface area (TPSA) is 81.1 Å². The van der Waals surface area contributed by atoms with Crippen LogP contribution in [0.4, 0.5) is 10.1 Å². The van der Waals surface area contributed by atoms with Crippen LogP contribution in [0.1, 0.15) is 23.0 Å². The van der Waals surface area contributed by atoms with E-state index >= 15 is 0 Å². The van der Waals surface area contributed by atoms with Crippen molar-refractivity contribution in [1.29, 1.82) is 0 Å². The van der Waals surface area contributed by atoms with Gasteiger partial charge in [0.05, 0.1) is 33.1 Å². The van der Waals surface area contributed by atoms with Gasteiger partial charge in [0.1, 0.15) is 5.82 Å². The molecule has 3 aromatic rings. The molecule has 0 radical (unpaired) electrons. The number of benzene rings is 1. The van der Waals surface area contributed by atoms with E-state index < -0.39 is 21.6 Å². The number of anilines is 1. The molecule has 1 aliphatic rings. The molecule has 1 N–H and O–H groups in total. The zero-order valence-corrected chi connectivity index (χ0v) is 16.8. The molecule has 2 aromatic heterocycles. The van der Waals surface area contributed by atoms with Crippen LogP contribution < -0.4 is 5.32 Å². The van der Waals surface area contributed by atoms with Crippen LogP contribution in [0.15, 0.2) is 41.8 Å². The van der Waals surface area contributed by atoms with Crippen LogP contribution in [-0.2, 0) is 9.84 Å². The van der Waals surface area contributed by atoms with Gasteiger partial charge in [0.15, 0.2) is 15.5 Å². The Kier molecular flexibility index (Phi) is 4.98. The third kappa shape index (κ3) is 3.82. The Morgan fingerprint density at radius 3 is 2.79 bits per heavy atom. The quantitative estimate of drug-likeness (QED) is 0.665.